The zero-order valence-electron chi connectivity index (χ0n) is 33.2. The molecule has 4 heterocycles. The maximum Gasteiger partial charge on any atom is 0.104 e. The smallest absolute Gasteiger partial charge is 0.104 e. The summed E-state index contributed by atoms with van der Waals surface area (Å²) in [7, 11) is 0. The highest BCUT2D eigenvalue weighted by Crippen LogP contribution is 2.48. The molecular weight excluding hydrogens is 757 g/mol. The molecule has 6 heteroatoms. The number of aromatic nitrogens is 4. The summed E-state index contributed by atoms with van der Waals surface area (Å²) >= 11 is 0. The second kappa shape index (κ2) is 12.8. The molecule has 4 aromatic heterocycles. The number of benzene rings is 9. The lowest BCUT2D eigenvalue weighted by molar-refractivity contribution is 1.02. The second-order valence-corrected chi connectivity index (χ2v) is 15.8. The van der Waals surface area contributed by atoms with Crippen LogP contribution < -0.4 is 0 Å². The molecule has 0 N–H and O–H groups in total. The number of rotatable bonds is 4. The number of hydrogen-bond donors (Lipinski definition) is 0. The van der Waals surface area contributed by atoms with Crippen molar-refractivity contribution in [3.8, 4) is 34.9 Å². The first kappa shape index (κ1) is 34.1. The Hall–Kier alpha value is -8.84. The van der Waals surface area contributed by atoms with Gasteiger partial charge in [0, 0.05) is 43.1 Å². The number of fused-ring (bicyclic) bond motifs is 12. The van der Waals surface area contributed by atoms with Gasteiger partial charge in [0.25, 0.3) is 0 Å². The predicted molar refractivity (Wildman–Crippen MR) is 253 cm³/mol. The SMILES string of the molecule is N#Cc1c(-n2c3ccccc3c3ccccc32)c(C#N)c(-n2c3ccccc3c3ccccc32)c(-n2c3ccccc3c3ccccc32)c1-n1c2ccccc2c2ccccc21. The quantitative estimate of drug-likeness (QED) is 0.178. The summed E-state index contributed by atoms with van der Waals surface area (Å²) in [6, 6.07) is 72.9. The van der Waals surface area contributed by atoms with E-state index in [9.17, 15) is 10.5 Å². The maximum atomic E-state index is 12.1. The molecule has 0 aliphatic heterocycles. The molecule has 0 aliphatic rings. The first-order valence-corrected chi connectivity index (χ1v) is 20.7. The monoisotopic (exact) mass is 788 g/mol. The van der Waals surface area contributed by atoms with Gasteiger partial charge in [0.15, 0.2) is 0 Å². The van der Waals surface area contributed by atoms with E-state index in [1.807, 2.05) is 24.3 Å². The summed E-state index contributed by atoms with van der Waals surface area (Å²) in [5, 5.41) is 32.8. The highest BCUT2D eigenvalue weighted by molar-refractivity contribution is 6.15. The van der Waals surface area contributed by atoms with Gasteiger partial charge in [-0.3, -0.25) is 0 Å². The molecule has 6 nitrogen and oxygen atoms in total. The molecule has 0 radical (unpaired) electrons. The third-order valence-electron chi connectivity index (χ3n) is 12.8. The Morgan fingerprint density at radius 1 is 0.226 bits per heavy atom. The van der Waals surface area contributed by atoms with Crippen LogP contribution in [-0.2, 0) is 0 Å². The summed E-state index contributed by atoms with van der Waals surface area (Å²) in [5.74, 6) is 0. The van der Waals surface area contributed by atoms with E-state index in [4.69, 9.17) is 0 Å². The van der Waals surface area contributed by atoms with Crippen molar-refractivity contribution in [1.29, 1.82) is 10.5 Å². The van der Waals surface area contributed by atoms with E-state index >= 15 is 0 Å². The Balaban J connectivity index is 1.40. The molecule has 0 unspecified atom stereocenters. The predicted octanol–water partition coefficient (Wildman–Crippen LogP) is 13.8. The minimum absolute atomic E-state index is 0.390. The van der Waals surface area contributed by atoms with Crippen molar-refractivity contribution in [2.45, 2.75) is 0 Å². The van der Waals surface area contributed by atoms with E-state index in [1.165, 1.54) is 0 Å². The van der Waals surface area contributed by atoms with Crippen LogP contribution in [0.5, 0.6) is 0 Å². The Morgan fingerprint density at radius 3 is 0.613 bits per heavy atom. The van der Waals surface area contributed by atoms with Gasteiger partial charge in [0.2, 0.25) is 0 Å². The standard InChI is InChI=1S/C56H32N6/c57-33-43-53(59-45-25-9-1-17-35(45)36-18-2-10-26-46(36)59)44(34-58)55(61-49-29-13-5-21-39(49)40-22-6-14-30-50(40)61)56(62-51-31-15-7-23-41(51)42-24-8-16-32-52(42)62)54(43)60-47-27-11-3-19-37(47)38-20-4-12-28-48(38)60/h1-32H. The fraction of sp³-hybridized carbons (Fsp3) is 0. The molecule has 0 bridgehead atoms. The molecule has 0 saturated heterocycles. The first-order chi connectivity index (χ1) is 30.8. The molecule has 0 fully saturated rings. The van der Waals surface area contributed by atoms with E-state index in [1.54, 1.807) is 0 Å². The topological polar surface area (TPSA) is 67.3 Å². The Kier molecular flexibility index (Phi) is 7.05. The first-order valence-electron chi connectivity index (χ1n) is 20.7. The van der Waals surface area contributed by atoms with Crippen molar-refractivity contribution in [1.82, 2.24) is 18.3 Å². The van der Waals surface area contributed by atoms with Gasteiger partial charge in [0.05, 0.1) is 66.9 Å². The van der Waals surface area contributed by atoms with Crippen LogP contribution in [0.1, 0.15) is 11.1 Å². The number of para-hydroxylation sites is 8. The van der Waals surface area contributed by atoms with E-state index in [-0.39, 0.29) is 0 Å². The summed E-state index contributed by atoms with van der Waals surface area (Å²) in [6.07, 6.45) is 0. The van der Waals surface area contributed by atoms with Crippen molar-refractivity contribution >= 4 is 87.2 Å². The average molecular weight is 789 g/mol. The molecule has 0 spiro atoms. The van der Waals surface area contributed by atoms with Crippen LogP contribution in [0.4, 0.5) is 0 Å². The number of hydrogen-bond acceptors (Lipinski definition) is 2. The molecule has 0 saturated carbocycles. The van der Waals surface area contributed by atoms with Crippen LogP contribution in [0.15, 0.2) is 194 Å². The fourth-order valence-corrected chi connectivity index (χ4v) is 10.4. The molecule has 13 aromatic rings. The highest BCUT2D eigenvalue weighted by atomic mass is 15.1. The van der Waals surface area contributed by atoms with E-state index in [0.29, 0.717) is 28.2 Å². The third-order valence-corrected chi connectivity index (χ3v) is 12.8. The lowest BCUT2D eigenvalue weighted by Gasteiger charge is -2.27. The Labute approximate surface area is 354 Å². The molecule has 286 valence electrons. The number of nitriles is 2. The minimum Gasteiger partial charge on any atom is -0.306 e. The zero-order chi connectivity index (χ0) is 41.1. The average Bonchev–Trinajstić information content (AvgIpc) is 4.06. The van der Waals surface area contributed by atoms with Gasteiger partial charge >= 0.3 is 0 Å². The maximum absolute atomic E-state index is 12.1. The minimum atomic E-state index is 0.390. The lowest BCUT2D eigenvalue weighted by atomic mass is 9.98. The molecule has 0 amide bonds. The van der Waals surface area contributed by atoms with E-state index in [2.05, 4.69) is 200 Å². The van der Waals surface area contributed by atoms with E-state index < -0.39 is 0 Å². The lowest BCUT2D eigenvalue weighted by Crippen LogP contribution is -2.16. The van der Waals surface area contributed by atoms with Gasteiger partial charge in [-0.15, -0.1) is 0 Å². The van der Waals surface area contributed by atoms with Gasteiger partial charge in [-0.05, 0) is 48.5 Å². The largest absolute Gasteiger partial charge is 0.306 e. The molecule has 62 heavy (non-hydrogen) atoms. The highest BCUT2D eigenvalue weighted by Gasteiger charge is 2.34. The van der Waals surface area contributed by atoms with Crippen LogP contribution in [0.2, 0.25) is 0 Å². The summed E-state index contributed by atoms with van der Waals surface area (Å²) in [6.45, 7) is 0. The van der Waals surface area contributed by atoms with Crippen LogP contribution in [0.3, 0.4) is 0 Å². The van der Waals surface area contributed by atoms with Crippen LogP contribution in [0.25, 0.3) is 110 Å². The van der Waals surface area contributed by atoms with Crippen LogP contribution in [0, 0.1) is 22.7 Å². The van der Waals surface area contributed by atoms with Gasteiger partial charge in [0.1, 0.15) is 23.3 Å². The van der Waals surface area contributed by atoms with Crippen molar-refractivity contribution in [3.05, 3.63) is 205 Å². The van der Waals surface area contributed by atoms with Gasteiger partial charge in [-0.2, -0.15) is 10.5 Å². The molecular formula is C56H32N6. The molecule has 0 aliphatic carbocycles. The Morgan fingerprint density at radius 2 is 0.403 bits per heavy atom. The molecule has 0 atom stereocenters. The second-order valence-electron chi connectivity index (χ2n) is 15.8. The molecule has 9 aromatic carbocycles. The molecule has 13 rings (SSSR count). The van der Waals surface area contributed by atoms with Crippen LogP contribution in [-0.4, -0.2) is 18.3 Å². The zero-order valence-corrected chi connectivity index (χ0v) is 33.2. The van der Waals surface area contributed by atoms with Crippen molar-refractivity contribution in [2.75, 3.05) is 0 Å². The Bertz CT molecular complexity index is 3770. The third kappa shape index (κ3) is 4.39. The normalized spacial score (nSPS) is 11.8. The number of nitrogens with zero attached hydrogens (tertiary/aromatic N) is 6. The van der Waals surface area contributed by atoms with Gasteiger partial charge in [-0.1, -0.05) is 146 Å². The van der Waals surface area contributed by atoms with Crippen molar-refractivity contribution in [3.63, 3.8) is 0 Å². The van der Waals surface area contributed by atoms with E-state index in [0.717, 1.165) is 92.9 Å². The summed E-state index contributed by atoms with van der Waals surface area (Å²) in [5.41, 5.74) is 11.0. The fourth-order valence-electron chi connectivity index (χ4n) is 10.4. The van der Waals surface area contributed by atoms with Crippen molar-refractivity contribution < 1.29 is 0 Å². The van der Waals surface area contributed by atoms with Crippen LogP contribution >= 0.6 is 0 Å². The van der Waals surface area contributed by atoms with Crippen molar-refractivity contribution in [2.24, 2.45) is 0 Å². The summed E-state index contributed by atoms with van der Waals surface area (Å²) < 4.78 is 9.02. The van der Waals surface area contributed by atoms with Gasteiger partial charge in [-0.25, -0.2) is 0 Å². The van der Waals surface area contributed by atoms with Gasteiger partial charge < -0.3 is 18.3 Å². The summed E-state index contributed by atoms with van der Waals surface area (Å²) in [4.78, 5) is 0.